The topological polar surface area (TPSA) is 12.0 Å². The molecule has 0 amide bonds. The highest BCUT2D eigenvalue weighted by Crippen LogP contribution is 2.11. The molecule has 0 aliphatic carbocycles. The fourth-order valence-electron chi connectivity index (χ4n) is 1.30. The second kappa shape index (κ2) is 8.55. The first-order valence-corrected chi connectivity index (χ1v) is 5.56. The number of nitrogens with one attached hydrogen (secondary N) is 1. The Morgan fingerprint density at radius 2 is 2.07 bits per heavy atom. The smallest absolute Gasteiger partial charge is 0.0567 e. The molecular weight excluding hydrogens is 206 g/mol. The lowest BCUT2D eigenvalue weighted by atomic mass is 10.0. The molecule has 0 aromatic carbocycles. The van der Waals surface area contributed by atoms with Crippen molar-refractivity contribution in [3.63, 3.8) is 0 Å². The number of hydrogen-bond donors (Lipinski definition) is 1. The van der Waals surface area contributed by atoms with Crippen LogP contribution in [0.3, 0.4) is 0 Å². The third-order valence-electron chi connectivity index (χ3n) is 1.98. The molecule has 0 saturated carbocycles. The van der Waals surface area contributed by atoms with E-state index in [0.717, 1.165) is 12.0 Å². The maximum Gasteiger partial charge on any atom is 0.0567 e. The van der Waals surface area contributed by atoms with Gasteiger partial charge in [-0.15, -0.1) is 5.73 Å². The van der Waals surface area contributed by atoms with E-state index >= 15 is 0 Å². The van der Waals surface area contributed by atoms with E-state index in [-0.39, 0.29) is 6.04 Å². The minimum Gasteiger partial charge on any atom is -0.310 e. The van der Waals surface area contributed by atoms with Crippen molar-refractivity contribution in [1.29, 1.82) is 0 Å². The number of halogens is 1. The summed E-state index contributed by atoms with van der Waals surface area (Å²) in [6, 6.07) is 0.208. The van der Waals surface area contributed by atoms with Crippen molar-refractivity contribution in [3.05, 3.63) is 40.6 Å². The van der Waals surface area contributed by atoms with E-state index < -0.39 is 0 Å². The van der Waals surface area contributed by atoms with Gasteiger partial charge in [0.05, 0.1) is 11.1 Å². The Bertz CT molecular complexity index is 290. The average molecular weight is 226 g/mol. The van der Waals surface area contributed by atoms with Gasteiger partial charge in [-0.25, -0.2) is 0 Å². The van der Waals surface area contributed by atoms with Crippen LogP contribution in [0.5, 0.6) is 0 Å². The van der Waals surface area contributed by atoms with Crippen molar-refractivity contribution < 1.29 is 0 Å². The summed E-state index contributed by atoms with van der Waals surface area (Å²) in [7, 11) is 1.94. The molecule has 0 aromatic rings. The third kappa shape index (κ3) is 6.35. The second-order valence-corrected chi connectivity index (χ2v) is 3.82. The monoisotopic (exact) mass is 225 g/mol. The van der Waals surface area contributed by atoms with Crippen LogP contribution in [-0.2, 0) is 0 Å². The predicted octanol–water partition coefficient (Wildman–Crippen LogP) is 3.78. The first-order valence-electron chi connectivity index (χ1n) is 5.18. The second-order valence-electron chi connectivity index (χ2n) is 3.25. The van der Waals surface area contributed by atoms with Gasteiger partial charge in [0, 0.05) is 0 Å². The molecule has 0 aromatic heterocycles. The van der Waals surface area contributed by atoms with E-state index in [2.05, 4.69) is 23.2 Å². The van der Waals surface area contributed by atoms with Gasteiger partial charge in [0.15, 0.2) is 0 Å². The maximum absolute atomic E-state index is 5.86. The van der Waals surface area contributed by atoms with E-state index in [1.807, 2.05) is 40.0 Å². The van der Waals surface area contributed by atoms with Crippen molar-refractivity contribution >= 4 is 11.6 Å². The molecule has 0 fully saturated rings. The van der Waals surface area contributed by atoms with Gasteiger partial charge in [-0.3, -0.25) is 0 Å². The first-order chi connectivity index (χ1) is 7.15. The Morgan fingerprint density at radius 1 is 1.40 bits per heavy atom. The molecule has 1 N–H and O–H groups in total. The zero-order valence-electron chi connectivity index (χ0n) is 9.97. The van der Waals surface area contributed by atoms with Crippen LogP contribution >= 0.6 is 11.6 Å². The fraction of sp³-hybridized carbons (Fsp3) is 0.462. The van der Waals surface area contributed by atoms with Crippen LogP contribution in [-0.4, -0.2) is 13.1 Å². The van der Waals surface area contributed by atoms with Gasteiger partial charge in [0.1, 0.15) is 0 Å². The molecule has 0 rings (SSSR count). The highest BCUT2D eigenvalue weighted by molar-refractivity contribution is 6.29. The van der Waals surface area contributed by atoms with Crippen LogP contribution in [0, 0.1) is 0 Å². The zero-order chi connectivity index (χ0) is 11.7. The predicted molar refractivity (Wildman–Crippen MR) is 69.2 cm³/mol. The van der Waals surface area contributed by atoms with Crippen LogP contribution in [0.1, 0.15) is 27.2 Å². The van der Waals surface area contributed by atoms with Gasteiger partial charge >= 0.3 is 0 Å². The van der Waals surface area contributed by atoms with Crippen molar-refractivity contribution in [2.45, 2.75) is 33.2 Å². The normalized spacial score (nSPS) is 13.1. The van der Waals surface area contributed by atoms with Gasteiger partial charge in [-0.2, -0.15) is 0 Å². The van der Waals surface area contributed by atoms with E-state index in [9.17, 15) is 0 Å². The van der Waals surface area contributed by atoms with E-state index in [1.165, 1.54) is 0 Å². The van der Waals surface area contributed by atoms with Gasteiger partial charge in [-0.1, -0.05) is 35.9 Å². The summed E-state index contributed by atoms with van der Waals surface area (Å²) in [5, 5.41) is 3.92. The lowest BCUT2D eigenvalue weighted by Gasteiger charge is -2.12. The molecule has 0 saturated heterocycles. The van der Waals surface area contributed by atoms with Crippen LogP contribution in [0.15, 0.2) is 40.6 Å². The molecule has 0 aliphatic heterocycles. The summed E-state index contributed by atoms with van der Waals surface area (Å²) in [5.41, 5.74) is 4.34. The summed E-state index contributed by atoms with van der Waals surface area (Å²) in [5.74, 6) is 0. The largest absolute Gasteiger partial charge is 0.310 e. The number of likely N-dealkylation sites (N-methyl/N-ethyl adjacent to an activating group) is 1. The summed E-state index contributed by atoms with van der Waals surface area (Å²) < 4.78 is 0. The molecule has 15 heavy (non-hydrogen) atoms. The number of hydrogen-bond acceptors (Lipinski definition) is 1. The zero-order valence-corrected chi connectivity index (χ0v) is 10.7. The van der Waals surface area contributed by atoms with Gasteiger partial charge in [0.2, 0.25) is 0 Å². The summed E-state index contributed by atoms with van der Waals surface area (Å²) in [6.07, 6.45) is 9.15. The van der Waals surface area contributed by atoms with Crippen molar-refractivity contribution in [2.75, 3.05) is 7.05 Å². The van der Waals surface area contributed by atoms with E-state index in [4.69, 9.17) is 11.6 Å². The lowest BCUT2D eigenvalue weighted by Crippen LogP contribution is -2.24. The Kier molecular flexibility index (Phi) is 8.12. The van der Waals surface area contributed by atoms with Crippen LogP contribution in [0.2, 0.25) is 0 Å². The highest BCUT2D eigenvalue weighted by atomic mass is 35.5. The maximum atomic E-state index is 5.86. The lowest BCUT2D eigenvalue weighted by molar-refractivity contribution is 0.737. The molecule has 1 atom stereocenters. The van der Waals surface area contributed by atoms with Crippen LogP contribution < -0.4 is 5.32 Å². The highest BCUT2D eigenvalue weighted by Gasteiger charge is 2.06. The van der Waals surface area contributed by atoms with Crippen molar-refractivity contribution in [3.8, 4) is 0 Å². The minimum absolute atomic E-state index is 0.208. The van der Waals surface area contributed by atoms with Crippen LogP contribution in [0.4, 0.5) is 0 Å². The molecule has 0 bridgehead atoms. The summed E-state index contributed by atoms with van der Waals surface area (Å²) in [4.78, 5) is 0. The van der Waals surface area contributed by atoms with Gasteiger partial charge < -0.3 is 5.32 Å². The van der Waals surface area contributed by atoms with E-state index in [0.29, 0.717) is 5.03 Å². The summed E-state index contributed by atoms with van der Waals surface area (Å²) >= 11 is 5.86. The molecule has 2 heteroatoms. The van der Waals surface area contributed by atoms with Gasteiger partial charge in [-0.05, 0) is 39.8 Å². The Hall–Kier alpha value is -0.750. The van der Waals surface area contributed by atoms with Gasteiger partial charge in [0.25, 0.3) is 0 Å². The molecule has 84 valence electrons. The van der Waals surface area contributed by atoms with Crippen LogP contribution in [0.25, 0.3) is 0 Å². The average Bonchev–Trinajstić information content (AvgIpc) is 2.20. The molecule has 0 aliphatic rings. The Balaban J connectivity index is 4.99. The quantitative estimate of drug-likeness (QED) is 0.555. The minimum atomic E-state index is 0.208. The summed E-state index contributed by atoms with van der Waals surface area (Å²) in [6.45, 7) is 5.87. The molecule has 0 heterocycles. The SMILES string of the molecule is CC=CCC(=C=C(C)Cl)C(C=CC)NC. The molecule has 1 nitrogen and oxygen atoms in total. The molecule has 0 spiro atoms. The van der Waals surface area contributed by atoms with Crippen molar-refractivity contribution in [1.82, 2.24) is 5.32 Å². The third-order valence-corrected chi connectivity index (χ3v) is 2.07. The fourth-order valence-corrected chi connectivity index (χ4v) is 1.42. The van der Waals surface area contributed by atoms with Crippen molar-refractivity contribution in [2.24, 2.45) is 0 Å². The molecule has 1 unspecified atom stereocenters. The molecule has 0 radical (unpaired) electrons. The molecular formula is C13H20ClN. The number of allylic oxidation sites excluding steroid dienone is 3. The standard InChI is InChI=1S/C13H20ClN/c1-5-7-9-12(10-11(3)14)13(15-4)8-6-2/h5-8,13,15H,9H2,1-4H3. The van der Waals surface area contributed by atoms with E-state index in [1.54, 1.807) is 0 Å². The Morgan fingerprint density at radius 3 is 2.47 bits per heavy atom. The number of rotatable bonds is 5. The Labute approximate surface area is 98.2 Å². The first kappa shape index (κ1) is 14.2.